The third-order valence-corrected chi connectivity index (χ3v) is 5.94. The molecular formula is C22H32N8O. The number of nitrogens with one attached hydrogen (secondary N) is 2. The number of primary amides is 1. The van der Waals surface area contributed by atoms with Gasteiger partial charge in [0, 0.05) is 50.4 Å². The van der Waals surface area contributed by atoms with Gasteiger partial charge in [0.25, 0.3) is 0 Å². The van der Waals surface area contributed by atoms with E-state index in [0.29, 0.717) is 24.5 Å². The number of likely N-dealkylation sites (tertiary alicyclic amines) is 1. The van der Waals surface area contributed by atoms with Gasteiger partial charge in [0.05, 0.1) is 17.6 Å². The summed E-state index contributed by atoms with van der Waals surface area (Å²) < 4.78 is 0. The van der Waals surface area contributed by atoms with Crippen LogP contribution < -0.4 is 16.4 Å². The smallest absolute Gasteiger partial charge is 0.229 e. The Morgan fingerprint density at radius 1 is 1.23 bits per heavy atom. The normalized spacial score (nSPS) is 19.0. The largest absolute Gasteiger partial charge is 0.370 e. The highest BCUT2D eigenvalue weighted by Crippen LogP contribution is 2.42. The molecule has 0 unspecified atom stereocenters. The maximum atomic E-state index is 11.0. The fraction of sp³-hybridized carbons (Fsp3) is 0.545. The van der Waals surface area contributed by atoms with Crippen LogP contribution in [0.3, 0.4) is 0 Å². The summed E-state index contributed by atoms with van der Waals surface area (Å²) in [7, 11) is 4.29. The Balaban J connectivity index is 1.36. The van der Waals surface area contributed by atoms with E-state index in [4.69, 9.17) is 5.73 Å². The molecule has 9 heteroatoms. The van der Waals surface area contributed by atoms with Gasteiger partial charge in [0.2, 0.25) is 11.9 Å². The number of hydrogen-bond donors (Lipinski definition) is 3. The predicted octanol–water partition coefficient (Wildman–Crippen LogP) is 1.92. The van der Waals surface area contributed by atoms with Crippen molar-refractivity contribution in [3.63, 3.8) is 0 Å². The zero-order valence-electron chi connectivity index (χ0n) is 18.3. The lowest BCUT2D eigenvalue weighted by Crippen LogP contribution is -2.31. The van der Waals surface area contributed by atoms with Gasteiger partial charge in [-0.25, -0.2) is 4.98 Å². The zero-order chi connectivity index (χ0) is 21.8. The van der Waals surface area contributed by atoms with Crippen LogP contribution in [0.4, 0.5) is 17.5 Å². The lowest BCUT2D eigenvalue weighted by molar-refractivity contribution is -0.117. The van der Waals surface area contributed by atoms with Gasteiger partial charge < -0.3 is 21.3 Å². The third-order valence-electron chi connectivity index (χ3n) is 5.94. The summed E-state index contributed by atoms with van der Waals surface area (Å²) in [4.78, 5) is 29.5. The van der Waals surface area contributed by atoms with E-state index >= 15 is 0 Å². The Kier molecular flexibility index (Phi) is 6.62. The number of nitrogens with zero attached hydrogens (tertiary/aromatic N) is 5. The first kappa shape index (κ1) is 21.5. The van der Waals surface area contributed by atoms with E-state index in [0.717, 1.165) is 55.2 Å². The number of pyridine rings is 1. The van der Waals surface area contributed by atoms with Gasteiger partial charge in [-0.3, -0.25) is 14.7 Å². The molecule has 2 aliphatic rings. The molecule has 1 aliphatic heterocycles. The van der Waals surface area contributed by atoms with Crippen LogP contribution in [0.2, 0.25) is 0 Å². The molecule has 31 heavy (non-hydrogen) atoms. The van der Waals surface area contributed by atoms with Gasteiger partial charge in [0.15, 0.2) is 0 Å². The number of nitrogens with two attached hydrogens (primary N) is 1. The molecule has 1 amide bonds. The number of rotatable bonds is 10. The standard InChI is InChI=1S/C22H32N8O/c1-29(2)18-8-10-30(14-18)13-17-6-5-16(11-25-17)27-22-26-12-19(15-3-4-15)21(28-22)24-9-7-20(23)31/h5-6,11-12,15,18H,3-4,7-10,13-14H2,1-2H3,(H2,23,31)(H2,24,26,27,28)/t18-/m1/s1. The Bertz CT molecular complexity index is 897. The molecule has 0 radical (unpaired) electrons. The van der Waals surface area contributed by atoms with Gasteiger partial charge in [-0.05, 0) is 51.4 Å². The molecule has 1 atom stereocenters. The second-order valence-corrected chi connectivity index (χ2v) is 8.72. The van der Waals surface area contributed by atoms with Crippen molar-refractivity contribution in [2.24, 2.45) is 5.73 Å². The van der Waals surface area contributed by atoms with E-state index in [1.165, 1.54) is 6.42 Å². The molecule has 3 heterocycles. The number of likely N-dealkylation sites (N-methyl/N-ethyl adjacent to an activating group) is 1. The molecule has 0 spiro atoms. The van der Waals surface area contributed by atoms with Crippen molar-refractivity contribution < 1.29 is 4.79 Å². The second-order valence-electron chi connectivity index (χ2n) is 8.72. The van der Waals surface area contributed by atoms with Crippen LogP contribution in [0.25, 0.3) is 0 Å². The molecule has 1 saturated carbocycles. The van der Waals surface area contributed by atoms with Crippen LogP contribution in [-0.4, -0.2) is 70.4 Å². The van der Waals surface area contributed by atoms with E-state index in [1.54, 1.807) is 0 Å². The van der Waals surface area contributed by atoms with Gasteiger partial charge in [0.1, 0.15) is 5.82 Å². The van der Waals surface area contributed by atoms with E-state index in [1.807, 2.05) is 18.5 Å². The zero-order valence-corrected chi connectivity index (χ0v) is 18.3. The van der Waals surface area contributed by atoms with Crippen LogP contribution in [-0.2, 0) is 11.3 Å². The first-order valence-corrected chi connectivity index (χ1v) is 11.0. The molecular weight excluding hydrogens is 392 g/mol. The SMILES string of the molecule is CN(C)[C@@H]1CCN(Cc2ccc(Nc3ncc(C4CC4)c(NCCC(N)=O)n3)cn2)C1. The highest BCUT2D eigenvalue weighted by Gasteiger charge is 2.28. The maximum absolute atomic E-state index is 11.0. The first-order valence-electron chi connectivity index (χ1n) is 11.0. The van der Waals surface area contributed by atoms with Crippen molar-refractivity contribution >= 4 is 23.4 Å². The van der Waals surface area contributed by atoms with Gasteiger partial charge in [-0.2, -0.15) is 4.98 Å². The van der Waals surface area contributed by atoms with Gasteiger partial charge in [-0.15, -0.1) is 0 Å². The number of carbonyl (C=O) groups is 1. The van der Waals surface area contributed by atoms with Crippen molar-refractivity contribution in [1.29, 1.82) is 0 Å². The van der Waals surface area contributed by atoms with E-state index in [2.05, 4.69) is 55.5 Å². The summed E-state index contributed by atoms with van der Waals surface area (Å²) >= 11 is 0. The monoisotopic (exact) mass is 424 g/mol. The Hall–Kier alpha value is -2.78. The number of hydrogen-bond acceptors (Lipinski definition) is 8. The number of anilines is 3. The summed E-state index contributed by atoms with van der Waals surface area (Å²) in [5.41, 5.74) is 8.25. The molecule has 4 N–H and O–H groups in total. The van der Waals surface area contributed by atoms with Crippen LogP contribution in [0.5, 0.6) is 0 Å². The molecule has 1 aliphatic carbocycles. The fourth-order valence-corrected chi connectivity index (χ4v) is 3.92. The van der Waals surface area contributed by atoms with Crippen LogP contribution >= 0.6 is 0 Å². The lowest BCUT2D eigenvalue weighted by Gasteiger charge is -2.20. The highest BCUT2D eigenvalue weighted by molar-refractivity contribution is 5.74. The summed E-state index contributed by atoms with van der Waals surface area (Å²) in [6.07, 6.45) is 7.48. The average Bonchev–Trinajstić information content (AvgIpc) is 3.47. The topological polar surface area (TPSA) is 112 Å². The minimum Gasteiger partial charge on any atom is -0.370 e. The number of amides is 1. The van der Waals surface area contributed by atoms with Crippen molar-refractivity contribution in [2.75, 3.05) is 44.4 Å². The Morgan fingerprint density at radius 3 is 2.71 bits per heavy atom. The van der Waals surface area contributed by atoms with Crippen LogP contribution in [0.15, 0.2) is 24.5 Å². The molecule has 4 rings (SSSR count). The Labute approximate surface area is 183 Å². The summed E-state index contributed by atoms with van der Waals surface area (Å²) in [6.45, 7) is 3.52. The van der Waals surface area contributed by atoms with Crippen molar-refractivity contribution in [3.8, 4) is 0 Å². The summed E-state index contributed by atoms with van der Waals surface area (Å²) in [6, 6.07) is 4.69. The Morgan fingerprint density at radius 2 is 2.06 bits per heavy atom. The maximum Gasteiger partial charge on any atom is 0.229 e. The molecule has 9 nitrogen and oxygen atoms in total. The van der Waals surface area contributed by atoms with Crippen molar-refractivity contribution in [3.05, 3.63) is 35.8 Å². The highest BCUT2D eigenvalue weighted by atomic mass is 16.1. The number of aromatic nitrogens is 3. The lowest BCUT2D eigenvalue weighted by atomic mass is 10.2. The van der Waals surface area contributed by atoms with E-state index < -0.39 is 0 Å². The molecule has 2 fully saturated rings. The minimum atomic E-state index is -0.329. The summed E-state index contributed by atoms with van der Waals surface area (Å²) in [5.74, 6) is 1.46. The van der Waals surface area contributed by atoms with E-state index in [9.17, 15) is 4.79 Å². The molecule has 2 aromatic rings. The first-order chi connectivity index (χ1) is 15.0. The average molecular weight is 425 g/mol. The minimum absolute atomic E-state index is 0.272. The van der Waals surface area contributed by atoms with Crippen molar-refractivity contribution in [2.45, 2.75) is 44.2 Å². The molecule has 2 aromatic heterocycles. The fourth-order valence-electron chi connectivity index (χ4n) is 3.92. The van der Waals surface area contributed by atoms with Crippen molar-refractivity contribution in [1.82, 2.24) is 24.8 Å². The summed E-state index contributed by atoms with van der Waals surface area (Å²) in [5, 5.41) is 6.47. The second kappa shape index (κ2) is 9.57. The molecule has 0 bridgehead atoms. The van der Waals surface area contributed by atoms with Gasteiger partial charge in [-0.1, -0.05) is 0 Å². The predicted molar refractivity (Wildman–Crippen MR) is 121 cm³/mol. The quantitative estimate of drug-likeness (QED) is 0.530. The van der Waals surface area contributed by atoms with E-state index in [-0.39, 0.29) is 12.3 Å². The molecule has 1 saturated heterocycles. The van der Waals surface area contributed by atoms with Crippen LogP contribution in [0, 0.1) is 0 Å². The molecule has 0 aromatic carbocycles. The molecule has 166 valence electrons. The van der Waals surface area contributed by atoms with Crippen LogP contribution in [0.1, 0.15) is 42.9 Å². The number of carbonyl (C=O) groups excluding carboxylic acids is 1. The third kappa shape index (κ3) is 5.89. The van der Waals surface area contributed by atoms with Gasteiger partial charge >= 0.3 is 0 Å².